The summed E-state index contributed by atoms with van der Waals surface area (Å²) in [6.45, 7) is 3.88. The number of pyridine rings is 1. The molecule has 0 bridgehead atoms. The quantitative estimate of drug-likeness (QED) is 0.263. The summed E-state index contributed by atoms with van der Waals surface area (Å²) in [7, 11) is 0. The number of aliphatic hydroxyl groups excluding tert-OH is 1. The van der Waals surface area contributed by atoms with Crippen LogP contribution in [-0.2, 0) is 28.7 Å². The van der Waals surface area contributed by atoms with Crippen molar-refractivity contribution in [3.8, 4) is 0 Å². The van der Waals surface area contributed by atoms with Gasteiger partial charge in [0.15, 0.2) is 0 Å². The van der Waals surface area contributed by atoms with Gasteiger partial charge in [-0.05, 0) is 63.1 Å². The van der Waals surface area contributed by atoms with Crippen LogP contribution in [0.4, 0.5) is 0 Å². The van der Waals surface area contributed by atoms with Crippen LogP contribution in [0.25, 0.3) is 17.0 Å². The first kappa shape index (κ1) is 31.5. The molecular formula is C31H39N5O8. The number of fused-ring (bicyclic) bond motifs is 1. The van der Waals surface area contributed by atoms with E-state index in [2.05, 4.69) is 16.1 Å². The van der Waals surface area contributed by atoms with Crippen LogP contribution in [0.2, 0.25) is 0 Å². The lowest BCUT2D eigenvalue weighted by molar-refractivity contribution is -0.180. The Morgan fingerprint density at radius 1 is 1.09 bits per heavy atom. The zero-order chi connectivity index (χ0) is 31.4. The van der Waals surface area contributed by atoms with Gasteiger partial charge >= 0.3 is 5.97 Å². The van der Waals surface area contributed by atoms with Crippen molar-refractivity contribution < 1.29 is 38.9 Å². The SMILES string of the molecule is C[C@H](NC(=O)C(O)C1CC1)C(=O)N1CCC[C@@H](C(=O)N[C@H](C)c2ccc3ccc(/C=C/C4(C(=O)O)COCOC4)cc3n2)N1. The summed E-state index contributed by atoms with van der Waals surface area (Å²) in [5, 5.41) is 27.5. The minimum absolute atomic E-state index is 0.0217. The second-order valence-electron chi connectivity index (χ2n) is 11.9. The fourth-order valence-electron chi connectivity index (χ4n) is 5.33. The van der Waals surface area contributed by atoms with Crippen molar-refractivity contribution in [2.24, 2.45) is 11.3 Å². The number of aliphatic hydroxyl groups is 1. The van der Waals surface area contributed by atoms with Crippen LogP contribution in [0, 0.1) is 11.3 Å². The van der Waals surface area contributed by atoms with E-state index in [1.54, 1.807) is 19.1 Å². The average molecular weight is 610 g/mol. The number of rotatable bonds is 10. The molecule has 2 saturated heterocycles. The van der Waals surface area contributed by atoms with Gasteiger partial charge in [-0.25, -0.2) is 5.43 Å². The Morgan fingerprint density at radius 3 is 2.52 bits per heavy atom. The van der Waals surface area contributed by atoms with Crippen LogP contribution < -0.4 is 16.1 Å². The van der Waals surface area contributed by atoms with Crippen LogP contribution in [0.5, 0.6) is 0 Å². The van der Waals surface area contributed by atoms with E-state index >= 15 is 0 Å². The summed E-state index contributed by atoms with van der Waals surface area (Å²) < 4.78 is 10.5. The second kappa shape index (κ2) is 13.4. The highest BCUT2D eigenvalue weighted by Crippen LogP contribution is 2.32. The molecule has 2 aromatic rings. The molecule has 3 heterocycles. The molecule has 3 amide bonds. The highest BCUT2D eigenvalue weighted by atomic mass is 16.7. The zero-order valence-electron chi connectivity index (χ0n) is 24.8. The van der Waals surface area contributed by atoms with Gasteiger partial charge in [-0.2, -0.15) is 0 Å². The molecule has 0 spiro atoms. The number of aliphatic carboxylic acids is 1. The number of aromatic nitrogens is 1. The minimum Gasteiger partial charge on any atom is -0.480 e. The number of benzene rings is 1. The maximum absolute atomic E-state index is 13.2. The van der Waals surface area contributed by atoms with E-state index in [0.29, 0.717) is 30.6 Å². The molecule has 3 fully saturated rings. The average Bonchev–Trinajstić information content (AvgIpc) is 3.89. The molecule has 4 atom stereocenters. The van der Waals surface area contributed by atoms with Gasteiger partial charge in [0.1, 0.15) is 30.4 Å². The van der Waals surface area contributed by atoms with Crippen molar-refractivity contribution >= 4 is 40.7 Å². The highest BCUT2D eigenvalue weighted by molar-refractivity contribution is 5.90. The Morgan fingerprint density at radius 2 is 1.82 bits per heavy atom. The molecule has 44 heavy (non-hydrogen) atoms. The third-order valence-electron chi connectivity index (χ3n) is 8.28. The van der Waals surface area contributed by atoms with Crippen molar-refractivity contribution in [1.29, 1.82) is 0 Å². The smallest absolute Gasteiger partial charge is 0.318 e. The Balaban J connectivity index is 1.20. The summed E-state index contributed by atoms with van der Waals surface area (Å²) in [5.41, 5.74) is 3.80. The summed E-state index contributed by atoms with van der Waals surface area (Å²) in [4.78, 5) is 55.0. The summed E-state index contributed by atoms with van der Waals surface area (Å²) in [5.74, 6) is -2.29. The van der Waals surface area contributed by atoms with Gasteiger partial charge in [0, 0.05) is 11.9 Å². The van der Waals surface area contributed by atoms with E-state index in [0.717, 1.165) is 23.8 Å². The lowest BCUT2D eigenvalue weighted by Crippen LogP contribution is -2.61. The van der Waals surface area contributed by atoms with Gasteiger partial charge in [0.2, 0.25) is 11.8 Å². The standard InChI is InChI=1S/C31H39N5O8/c1-18(32-27(38)24-4-3-13-36(35-24)29(40)19(2)33-28(39)26(37)22-7-8-22)23-10-9-21-6-5-20(14-25(21)34-23)11-12-31(30(41)42)15-43-17-44-16-31/h5-6,9-12,14,18-19,22,24,26,35,37H,3-4,7-8,13,15-17H2,1-2H3,(H,32,38)(H,33,39)(H,41,42)/b12-11+/t18-,19+,24+,26?/m1/s1. The van der Waals surface area contributed by atoms with Crippen molar-refractivity contribution in [3.05, 3.63) is 47.7 Å². The molecule has 1 aromatic carbocycles. The summed E-state index contributed by atoms with van der Waals surface area (Å²) in [6.07, 6.45) is 4.92. The van der Waals surface area contributed by atoms with Crippen LogP contribution in [0.15, 0.2) is 36.4 Å². The maximum Gasteiger partial charge on any atom is 0.318 e. The third kappa shape index (κ3) is 7.24. The number of carbonyl (C=O) groups excluding carboxylic acids is 3. The van der Waals surface area contributed by atoms with Crippen LogP contribution >= 0.6 is 0 Å². The summed E-state index contributed by atoms with van der Waals surface area (Å²) in [6, 6.07) is 7.41. The van der Waals surface area contributed by atoms with Crippen molar-refractivity contribution in [2.75, 3.05) is 26.6 Å². The maximum atomic E-state index is 13.2. The molecule has 236 valence electrons. The van der Waals surface area contributed by atoms with E-state index in [4.69, 9.17) is 14.5 Å². The number of nitrogens with zero attached hydrogens (tertiary/aromatic N) is 2. The predicted octanol–water partition coefficient (Wildman–Crippen LogP) is 1.27. The Hall–Kier alpha value is -3.91. The van der Waals surface area contributed by atoms with Crippen LogP contribution in [0.1, 0.15) is 56.8 Å². The van der Waals surface area contributed by atoms with E-state index in [1.807, 2.05) is 37.3 Å². The molecule has 5 rings (SSSR count). The number of amides is 3. The molecule has 1 aromatic heterocycles. The second-order valence-corrected chi connectivity index (χ2v) is 11.9. The van der Waals surface area contributed by atoms with Crippen LogP contribution in [0.3, 0.4) is 0 Å². The minimum atomic E-state index is -1.26. The molecule has 13 nitrogen and oxygen atoms in total. The Bertz CT molecular complexity index is 1440. The highest BCUT2D eigenvalue weighted by Gasteiger charge is 2.39. The lowest BCUT2D eigenvalue weighted by Gasteiger charge is -2.35. The van der Waals surface area contributed by atoms with Gasteiger partial charge in [-0.3, -0.25) is 29.2 Å². The Labute approximate surface area is 254 Å². The molecule has 1 unspecified atom stereocenters. The van der Waals surface area contributed by atoms with Gasteiger partial charge in [-0.1, -0.05) is 30.4 Å². The molecule has 13 heteroatoms. The molecule has 3 aliphatic rings. The van der Waals surface area contributed by atoms with Gasteiger partial charge < -0.3 is 30.3 Å². The number of hydrazine groups is 1. The van der Waals surface area contributed by atoms with Crippen molar-refractivity contribution in [1.82, 2.24) is 26.1 Å². The van der Waals surface area contributed by atoms with E-state index in [-0.39, 0.29) is 37.7 Å². The number of hydrogen-bond donors (Lipinski definition) is 5. The number of carboxylic acid groups (broad SMARTS) is 1. The van der Waals surface area contributed by atoms with Crippen molar-refractivity contribution in [3.63, 3.8) is 0 Å². The summed E-state index contributed by atoms with van der Waals surface area (Å²) >= 11 is 0. The van der Waals surface area contributed by atoms with Gasteiger partial charge in [0.05, 0.1) is 30.5 Å². The normalized spacial score (nSPS) is 22.2. The fraction of sp³-hybridized carbons (Fsp3) is 0.516. The van der Waals surface area contributed by atoms with Crippen molar-refractivity contribution in [2.45, 2.75) is 63.8 Å². The van der Waals surface area contributed by atoms with E-state index in [1.165, 1.54) is 5.01 Å². The molecule has 2 aliphatic heterocycles. The van der Waals surface area contributed by atoms with E-state index in [9.17, 15) is 29.4 Å². The molecular weight excluding hydrogens is 570 g/mol. The first-order valence-electron chi connectivity index (χ1n) is 14.9. The number of ether oxygens (including phenoxy) is 2. The third-order valence-corrected chi connectivity index (χ3v) is 8.28. The van der Waals surface area contributed by atoms with E-state index < -0.39 is 41.5 Å². The lowest BCUT2D eigenvalue weighted by atomic mass is 9.88. The number of hydrogen-bond acceptors (Lipinski definition) is 9. The molecule has 1 saturated carbocycles. The number of carboxylic acids is 1. The van der Waals surface area contributed by atoms with Gasteiger partial charge in [-0.15, -0.1) is 0 Å². The molecule has 1 aliphatic carbocycles. The van der Waals surface area contributed by atoms with Crippen LogP contribution in [-0.4, -0.2) is 88.6 Å². The largest absolute Gasteiger partial charge is 0.480 e. The first-order valence-corrected chi connectivity index (χ1v) is 14.9. The fourth-order valence-corrected chi connectivity index (χ4v) is 5.33. The zero-order valence-corrected chi connectivity index (χ0v) is 24.8. The monoisotopic (exact) mass is 609 g/mol. The van der Waals surface area contributed by atoms with Gasteiger partial charge in [0.25, 0.3) is 5.91 Å². The number of nitrogens with one attached hydrogen (secondary N) is 3. The first-order chi connectivity index (χ1) is 21.1. The Kier molecular flexibility index (Phi) is 9.59. The number of carbonyl (C=O) groups is 4. The molecule has 5 N–H and O–H groups in total. The predicted molar refractivity (Wildman–Crippen MR) is 158 cm³/mol. The topological polar surface area (TPSA) is 179 Å². The molecule has 0 radical (unpaired) electrons.